The highest BCUT2D eigenvalue weighted by molar-refractivity contribution is 5.93. The van der Waals surface area contributed by atoms with Crippen LogP contribution in [0.2, 0.25) is 0 Å². The molecule has 10 heteroatoms. The van der Waals surface area contributed by atoms with Gasteiger partial charge < -0.3 is 40.4 Å². The van der Waals surface area contributed by atoms with Gasteiger partial charge in [-0.1, -0.05) is 42.5 Å². The van der Waals surface area contributed by atoms with E-state index in [-0.39, 0.29) is 42.6 Å². The average Bonchev–Trinajstić information content (AvgIpc) is 2.98. The Bertz CT molecular complexity index is 1100. The van der Waals surface area contributed by atoms with Crippen molar-refractivity contribution in [1.29, 1.82) is 0 Å². The molecule has 10 nitrogen and oxygen atoms in total. The number of rotatable bonds is 18. The second-order valence-electron chi connectivity index (χ2n) is 9.66. The summed E-state index contributed by atoms with van der Waals surface area (Å²) >= 11 is 0. The van der Waals surface area contributed by atoms with Crippen LogP contribution in [0.4, 0.5) is 11.4 Å². The quantitative estimate of drug-likeness (QED) is 0.158. The highest BCUT2D eigenvalue weighted by atomic mass is 16.7. The van der Waals surface area contributed by atoms with Crippen LogP contribution in [0.15, 0.2) is 66.4 Å². The zero-order chi connectivity index (χ0) is 29.3. The molecule has 0 spiro atoms. The number of nitrogens with one attached hydrogen (secondary N) is 2. The molecular formula is C31H43N3O7. The fourth-order valence-electron chi connectivity index (χ4n) is 4.62. The number of hydrogen-bond donors (Lipinski definition) is 4. The van der Waals surface area contributed by atoms with Gasteiger partial charge in [0.15, 0.2) is 5.76 Å². The van der Waals surface area contributed by atoms with Crippen molar-refractivity contribution in [2.45, 2.75) is 44.8 Å². The number of aliphatic hydroxyl groups excluding tert-OH is 1. The summed E-state index contributed by atoms with van der Waals surface area (Å²) in [6.07, 6.45) is 3.48. The van der Waals surface area contributed by atoms with Crippen molar-refractivity contribution in [3.8, 4) is 0 Å². The van der Waals surface area contributed by atoms with E-state index in [0.717, 1.165) is 5.56 Å². The highest BCUT2D eigenvalue weighted by Gasteiger charge is 2.37. The number of hydrogen-bond acceptors (Lipinski definition) is 8. The van der Waals surface area contributed by atoms with E-state index < -0.39 is 6.29 Å². The molecule has 2 amide bonds. The summed E-state index contributed by atoms with van der Waals surface area (Å²) in [5.41, 5.74) is 8.06. The summed E-state index contributed by atoms with van der Waals surface area (Å²) in [4.78, 5) is 25.3. The summed E-state index contributed by atoms with van der Waals surface area (Å²) in [5.74, 6) is -0.377. The summed E-state index contributed by atoms with van der Waals surface area (Å²) in [5, 5.41) is 14.5. The second kappa shape index (κ2) is 18.1. The third-order valence-electron chi connectivity index (χ3n) is 6.68. The second-order valence-corrected chi connectivity index (χ2v) is 9.66. The first kappa shape index (κ1) is 32.1. The zero-order valence-electron chi connectivity index (χ0n) is 23.8. The van der Waals surface area contributed by atoms with Gasteiger partial charge >= 0.3 is 0 Å². The van der Waals surface area contributed by atoms with Crippen LogP contribution in [0, 0.1) is 5.92 Å². The first-order chi connectivity index (χ1) is 20.0. The lowest BCUT2D eigenvalue weighted by atomic mass is 9.81. The number of amides is 2. The average molecular weight is 570 g/mol. The van der Waals surface area contributed by atoms with Crippen LogP contribution in [0.25, 0.3) is 0 Å². The third-order valence-corrected chi connectivity index (χ3v) is 6.68. The Morgan fingerprint density at radius 3 is 2.44 bits per heavy atom. The Morgan fingerprint density at radius 2 is 1.71 bits per heavy atom. The molecule has 2 aromatic rings. The molecule has 0 aromatic heterocycles. The number of nitrogen functional groups attached to an aromatic ring is 1. The number of ether oxygens (including phenoxy) is 4. The van der Waals surface area contributed by atoms with Crippen LogP contribution < -0.4 is 16.4 Å². The number of allylic oxidation sites excluding steroid dienone is 1. The molecule has 2 aromatic carbocycles. The molecule has 1 aliphatic rings. The minimum Gasteiger partial charge on any atom is -0.459 e. The Kier molecular flexibility index (Phi) is 14.2. The molecular weight excluding hydrogens is 526 g/mol. The molecule has 1 heterocycles. The van der Waals surface area contributed by atoms with Gasteiger partial charge in [0.1, 0.15) is 0 Å². The number of anilines is 2. The number of carbonyl (C=O) groups is 2. The lowest BCUT2D eigenvalue weighted by molar-refractivity contribution is -0.168. The van der Waals surface area contributed by atoms with E-state index in [1.165, 1.54) is 0 Å². The molecule has 0 radical (unpaired) electrons. The van der Waals surface area contributed by atoms with Gasteiger partial charge in [-0.15, -0.1) is 0 Å². The van der Waals surface area contributed by atoms with Crippen LogP contribution in [0.1, 0.15) is 44.1 Å². The third kappa shape index (κ3) is 10.8. The molecule has 41 heavy (non-hydrogen) atoms. The highest BCUT2D eigenvalue weighted by Crippen LogP contribution is 2.38. The maximum Gasteiger partial charge on any atom is 0.286 e. The fraction of sp³-hybridized carbons (Fsp3) is 0.484. The Hall–Kier alpha value is -3.44. The molecule has 0 saturated heterocycles. The normalized spacial score (nSPS) is 18.3. The first-order valence-electron chi connectivity index (χ1n) is 14.3. The van der Waals surface area contributed by atoms with Gasteiger partial charge in [-0.05, 0) is 50.0 Å². The van der Waals surface area contributed by atoms with Crippen LogP contribution in [0.3, 0.4) is 0 Å². The van der Waals surface area contributed by atoms with Crippen molar-refractivity contribution in [1.82, 2.24) is 5.32 Å². The fourth-order valence-corrected chi connectivity index (χ4v) is 4.62. The summed E-state index contributed by atoms with van der Waals surface area (Å²) < 4.78 is 23.0. The SMILES string of the molecule is CCO[C@@H]1OC(C(=O)NCCCCC(=O)Nc2ccccc2N)=C[C@H](c2ccccc2)[C@H]1CCOCCOCCO. The van der Waals surface area contributed by atoms with Crippen molar-refractivity contribution < 1.29 is 33.6 Å². The van der Waals surface area contributed by atoms with Crippen molar-refractivity contribution >= 4 is 23.2 Å². The first-order valence-corrected chi connectivity index (χ1v) is 14.3. The molecule has 0 unspecified atom stereocenters. The maximum absolute atomic E-state index is 13.1. The number of benzene rings is 2. The Balaban J connectivity index is 1.54. The predicted octanol–water partition coefficient (Wildman–Crippen LogP) is 3.59. The monoisotopic (exact) mass is 569 g/mol. The lowest BCUT2D eigenvalue weighted by Gasteiger charge is -2.37. The summed E-state index contributed by atoms with van der Waals surface area (Å²) in [6.45, 7) is 4.32. The van der Waals surface area contributed by atoms with Gasteiger partial charge in [0.05, 0.1) is 37.8 Å². The van der Waals surface area contributed by atoms with E-state index in [4.69, 9.17) is 29.8 Å². The van der Waals surface area contributed by atoms with Gasteiger partial charge in [0, 0.05) is 38.0 Å². The van der Waals surface area contributed by atoms with Gasteiger partial charge in [0.2, 0.25) is 12.2 Å². The van der Waals surface area contributed by atoms with E-state index in [2.05, 4.69) is 10.6 Å². The van der Waals surface area contributed by atoms with E-state index in [1.54, 1.807) is 12.1 Å². The van der Waals surface area contributed by atoms with E-state index in [1.807, 2.05) is 55.5 Å². The Morgan fingerprint density at radius 1 is 0.976 bits per heavy atom. The smallest absolute Gasteiger partial charge is 0.286 e. The van der Waals surface area contributed by atoms with Crippen molar-refractivity contribution in [3.05, 3.63) is 72.0 Å². The molecule has 5 N–H and O–H groups in total. The van der Waals surface area contributed by atoms with Gasteiger partial charge in [0.25, 0.3) is 5.91 Å². The molecule has 0 bridgehead atoms. The summed E-state index contributed by atoms with van der Waals surface area (Å²) in [7, 11) is 0. The van der Waals surface area contributed by atoms with E-state index in [9.17, 15) is 9.59 Å². The zero-order valence-corrected chi connectivity index (χ0v) is 23.8. The number of para-hydroxylation sites is 2. The molecule has 1 aliphatic heterocycles. The summed E-state index contributed by atoms with van der Waals surface area (Å²) in [6, 6.07) is 17.1. The van der Waals surface area contributed by atoms with Crippen LogP contribution >= 0.6 is 0 Å². The van der Waals surface area contributed by atoms with Crippen molar-refractivity contribution in [2.75, 3.05) is 57.2 Å². The lowest BCUT2D eigenvalue weighted by Crippen LogP contribution is -2.39. The number of aliphatic hydroxyl groups is 1. The van der Waals surface area contributed by atoms with Crippen molar-refractivity contribution in [3.63, 3.8) is 0 Å². The Labute approximate surface area is 242 Å². The predicted molar refractivity (Wildman–Crippen MR) is 157 cm³/mol. The van der Waals surface area contributed by atoms with Gasteiger partial charge in [-0.25, -0.2) is 0 Å². The number of nitrogens with two attached hydrogens (primary N) is 1. The largest absolute Gasteiger partial charge is 0.459 e. The van der Waals surface area contributed by atoms with E-state index >= 15 is 0 Å². The topological polar surface area (TPSA) is 141 Å². The molecule has 0 saturated carbocycles. The molecule has 0 aliphatic carbocycles. The molecule has 3 rings (SSSR count). The van der Waals surface area contributed by atoms with Crippen LogP contribution in [-0.2, 0) is 28.5 Å². The minimum absolute atomic E-state index is 0.0156. The van der Waals surface area contributed by atoms with Gasteiger partial charge in [-0.3, -0.25) is 9.59 Å². The molecule has 224 valence electrons. The minimum atomic E-state index is -0.612. The number of unbranched alkanes of at least 4 members (excludes halogenated alkanes) is 1. The standard InChI is InChI=1S/C31H43N3O7/c1-2-40-31-24(15-18-38-20-21-39-19-17-35)25(23-10-4-3-5-11-23)22-28(41-31)30(37)33-16-9-8-14-29(36)34-27-13-7-6-12-26(27)32/h3-7,10-13,22,24-25,31,35H,2,8-9,14-21,32H2,1H3,(H,33,37)(H,34,36)/t24-,25-,31-/m1/s1. The van der Waals surface area contributed by atoms with E-state index in [0.29, 0.717) is 70.0 Å². The van der Waals surface area contributed by atoms with Crippen LogP contribution in [0.5, 0.6) is 0 Å². The van der Waals surface area contributed by atoms with Crippen LogP contribution in [-0.4, -0.2) is 69.4 Å². The number of carbonyl (C=O) groups excluding carboxylic acids is 2. The molecule has 0 fully saturated rings. The van der Waals surface area contributed by atoms with Gasteiger partial charge in [-0.2, -0.15) is 0 Å². The van der Waals surface area contributed by atoms with Crippen molar-refractivity contribution in [2.24, 2.45) is 5.92 Å². The molecule has 3 atom stereocenters. The maximum atomic E-state index is 13.1.